The van der Waals surface area contributed by atoms with Crippen LogP contribution in [-0.2, 0) is 0 Å². The van der Waals surface area contributed by atoms with Crippen molar-refractivity contribution in [2.24, 2.45) is 0 Å². The lowest BCUT2D eigenvalue weighted by molar-refractivity contribution is 0.102. The van der Waals surface area contributed by atoms with E-state index in [1.165, 1.54) is 0 Å². The number of benzene rings is 2. The van der Waals surface area contributed by atoms with Gasteiger partial charge in [0.15, 0.2) is 0 Å². The monoisotopic (exact) mass is 299 g/mol. The van der Waals surface area contributed by atoms with Crippen molar-refractivity contribution in [3.05, 3.63) is 54.1 Å². The largest absolute Gasteiger partial charge is 0.497 e. The molecule has 0 aliphatic heterocycles. The van der Waals surface area contributed by atoms with Gasteiger partial charge in [-0.3, -0.25) is 4.79 Å². The van der Waals surface area contributed by atoms with Crippen molar-refractivity contribution in [2.45, 2.75) is 19.8 Å². The van der Waals surface area contributed by atoms with E-state index in [2.05, 4.69) is 12.2 Å². The molecular formula is C18H21NO3. The molecule has 1 amide bonds. The second-order valence-corrected chi connectivity index (χ2v) is 4.92. The molecule has 0 saturated carbocycles. The van der Waals surface area contributed by atoms with Gasteiger partial charge in [-0.05, 0) is 36.8 Å². The third-order valence-electron chi connectivity index (χ3n) is 3.19. The lowest BCUT2D eigenvalue weighted by Crippen LogP contribution is -2.12. The number of anilines is 1. The van der Waals surface area contributed by atoms with Crippen molar-refractivity contribution < 1.29 is 14.3 Å². The first-order chi connectivity index (χ1) is 10.7. The highest BCUT2D eigenvalue weighted by Crippen LogP contribution is 2.19. The molecule has 116 valence electrons. The first-order valence-corrected chi connectivity index (χ1v) is 7.41. The molecule has 22 heavy (non-hydrogen) atoms. The van der Waals surface area contributed by atoms with Crippen LogP contribution in [0.2, 0.25) is 0 Å². The summed E-state index contributed by atoms with van der Waals surface area (Å²) in [5.74, 6) is 1.25. The second kappa shape index (κ2) is 8.08. The molecule has 1 N–H and O–H groups in total. The van der Waals surface area contributed by atoms with Gasteiger partial charge >= 0.3 is 0 Å². The number of unbranched alkanes of at least 4 members (excludes halogenated alkanes) is 1. The van der Waals surface area contributed by atoms with E-state index in [0.717, 1.165) is 12.8 Å². The van der Waals surface area contributed by atoms with Crippen LogP contribution in [0.15, 0.2) is 48.5 Å². The molecule has 4 heteroatoms. The second-order valence-electron chi connectivity index (χ2n) is 4.92. The van der Waals surface area contributed by atoms with Crippen LogP contribution in [0.25, 0.3) is 0 Å². The highest BCUT2D eigenvalue weighted by Gasteiger charge is 2.08. The first kappa shape index (κ1) is 15.9. The Morgan fingerprint density at radius 3 is 2.64 bits per heavy atom. The number of amides is 1. The average Bonchev–Trinajstić information content (AvgIpc) is 2.55. The molecule has 0 radical (unpaired) electrons. The van der Waals surface area contributed by atoms with Gasteiger partial charge in [0.1, 0.15) is 11.5 Å². The summed E-state index contributed by atoms with van der Waals surface area (Å²) in [6.07, 6.45) is 2.08. The molecule has 2 rings (SSSR count). The highest BCUT2D eigenvalue weighted by atomic mass is 16.5. The lowest BCUT2D eigenvalue weighted by Gasteiger charge is -2.09. The molecule has 2 aromatic carbocycles. The maximum Gasteiger partial charge on any atom is 0.255 e. The topological polar surface area (TPSA) is 47.6 Å². The van der Waals surface area contributed by atoms with E-state index in [-0.39, 0.29) is 5.91 Å². The molecule has 0 bridgehead atoms. The quantitative estimate of drug-likeness (QED) is 0.782. The predicted octanol–water partition coefficient (Wildman–Crippen LogP) is 4.13. The van der Waals surface area contributed by atoms with Crippen LogP contribution in [-0.4, -0.2) is 19.6 Å². The minimum atomic E-state index is -0.172. The maximum absolute atomic E-state index is 12.3. The third-order valence-corrected chi connectivity index (χ3v) is 3.19. The van der Waals surface area contributed by atoms with Crippen molar-refractivity contribution in [1.82, 2.24) is 0 Å². The zero-order valence-corrected chi connectivity index (χ0v) is 13.0. The smallest absolute Gasteiger partial charge is 0.255 e. The van der Waals surface area contributed by atoms with Gasteiger partial charge in [-0.2, -0.15) is 0 Å². The highest BCUT2D eigenvalue weighted by molar-refractivity contribution is 6.04. The fourth-order valence-electron chi connectivity index (χ4n) is 1.97. The Hall–Kier alpha value is -2.49. The Labute approximate surface area is 131 Å². The molecule has 0 aliphatic rings. The number of hydrogen-bond donors (Lipinski definition) is 1. The van der Waals surface area contributed by atoms with Crippen molar-refractivity contribution in [3.63, 3.8) is 0 Å². The van der Waals surface area contributed by atoms with Crippen molar-refractivity contribution >= 4 is 11.6 Å². The summed E-state index contributed by atoms with van der Waals surface area (Å²) in [5, 5.41) is 2.85. The summed E-state index contributed by atoms with van der Waals surface area (Å²) in [4.78, 5) is 12.3. The Bertz CT molecular complexity index is 625. The Morgan fingerprint density at radius 1 is 1.09 bits per heavy atom. The van der Waals surface area contributed by atoms with E-state index >= 15 is 0 Å². The molecule has 0 heterocycles. The van der Waals surface area contributed by atoms with Crippen molar-refractivity contribution in [3.8, 4) is 11.5 Å². The van der Waals surface area contributed by atoms with E-state index < -0.39 is 0 Å². The van der Waals surface area contributed by atoms with Gasteiger partial charge in [0.25, 0.3) is 5.91 Å². The van der Waals surface area contributed by atoms with Crippen LogP contribution in [0.3, 0.4) is 0 Å². The Morgan fingerprint density at radius 2 is 1.86 bits per heavy atom. The first-order valence-electron chi connectivity index (χ1n) is 7.41. The number of methoxy groups -OCH3 is 1. The average molecular weight is 299 g/mol. The van der Waals surface area contributed by atoms with E-state index in [1.807, 2.05) is 30.3 Å². The minimum Gasteiger partial charge on any atom is -0.497 e. The number of ether oxygens (including phenoxy) is 2. The van der Waals surface area contributed by atoms with Crippen molar-refractivity contribution in [1.29, 1.82) is 0 Å². The number of nitrogens with one attached hydrogen (secondary N) is 1. The minimum absolute atomic E-state index is 0.172. The van der Waals surface area contributed by atoms with Gasteiger partial charge in [-0.1, -0.05) is 25.5 Å². The van der Waals surface area contributed by atoms with Gasteiger partial charge in [0, 0.05) is 17.3 Å². The molecule has 0 saturated heterocycles. The molecule has 0 fully saturated rings. The number of carbonyl (C=O) groups is 1. The van der Waals surface area contributed by atoms with E-state index in [4.69, 9.17) is 9.47 Å². The van der Waals surface area contributed by atoms with E-state index in [9.17, 15) is 4.79 Å². The summed E-state index contributed by atoms with van der Waals surface area (Å²) in [7, 11) is 1.60. The molecule has 4 nitrogen and oxygen atoms in total. The Balaban J connectivity index is 2.03. The van der Waals surface area contributed by atoms with E-state index in [1.54, 1.807) is 25.3 Å². The van der Waals surface area contributed by atoms with Gasteiger partial charge in [-0.15, -0.1) is 0 Å². The maximum atomic E-state index is 12.3. The predicted molar refractivity (Wildman–Crippen MR) is 87.8 cm³/mol. The van der Waals surface area contributed by atoms with Crippen LogP contribution in [0.1, 0.15) is 30.1 Å². The summed E-state index contributed by atoms with van der Waals surface area (Å²) in [5.41, 5.74) is 1.26. The zero-order valence-electron chi connectivity index (χ0n) is 13.0. The molecular weight excluding hydrogens is 278 g/mol. The van der Waals surface area contributed by atoms with Gasteiger partial charge < -0.3 is 14.8 Å². The SMILES string of the molecule is CCCCOc1cccc(C(=O)Nc2cccc(OC)c2)c1. The summed E-state index contributed by atoms with van der Waals surface area (Å²) in [6.45, 7) is 2.78. The van der Waals surface area contributed by atoms with E-state index in [0.29, 0.717) is 29.4 Å². The number of rotatable bonds is 7. The number of hydrogen-bond acceptors (Lipinski definition) is 3. The van der Waals surface area contributed by atoms with Crippen LogP contribution in [0.5, 0.6) is 11.5 Å². The van der Waals surface area contributed by atoms with Gasteiger partial charge in [-0.25, -0.2) is 0 Å². The fraction of sp³-hybridized carbons (Fsp3) is 0.278. The van der Waals surface area contributed by atoms with Crippen LogP contribution < -0.4 is 14.8 Å². The van der Waals surface area contributed by atoms with Crippen molar-refractivity contribution in [2.75, 3.05) is 19.0 Å². The lowest BCUT2D eigenvalue weighted by atomic mass is 10.2. The number of carbonyl (C=O) groups excluding carboxylic acids is 1. The molecule has 0 atom stereocenters. The zero-order chi connectivity index (χ0) is 15.8. The summed E-state index contributed by atoms with van der Waals surface area (Å²) in [6, 6.07) is 14.5. The summed E-state index contributed by atoms with van der Waals surface area (Å²) < 4.78 is 10.8. The van der Waals surface area contributed by atoms with Gasteiger partial charge in [0.2, 0.25) is 0 Å². The molecule has 2 aromatic rings. The van der Waals surface area contributed by atoms with Crippen LogP contribution >= 0.6 is 0 Å². The summed E-state index contributed by atoms with van der Waals surface area (Å²) >= 11 is 0. The molecule has 0 unspecified atom stereocenters. The molecule has 0 aromatic heterocycles. The standard InChI is InChI=1S/C18H21NO3/c1-3-4-11-22-17-10-5-7-14(12-17)18(20)19-15-8-6-9-16(13-15)21-2/h5-10,12-13H,3-4,11H2,1-2H3,(H,19,20). The van der Waals surface area contributed by atoms with Gasteiger partial charge in [0.05, 0.1) is 13.7 Å². The molecule has 0 spiro atoms. The Kier molecular flexibility index (Phi) is 5.83. The van der Waals surface area contributed by atoms with Crippen LogP contribution in [0, 0.1) is 0 Å². The van der Waals surface area contributed by atoms with Crippen LogP contribution in [0.4, 0.5) is 5.69 Å². The third kappa shape index (κ3) is 4.52. The normalized spacial score (nSPS) is 10.1. The molecule has 0 aliphatic carbocycles. The fourth-order valence-corrected chi connectivity index (χ4v) is 1.97.